The molecule has 1 heterocycles. The van der Waals surface area contributed by atoms with Crippen LogP contribution in [0.15, 0.2) is 36.9 Å². The fourth-order valence-corrected chi connectivity index (χ4v) is 3.18. The Balaban J connectivity index is 1.90. The average molecular weight is 332 g/mol. The van der Waals surface area contributed by atoms with Gasteiger partial charge in [-0.15, -0.1) is 11.8 Å². The van der Waals surface area contributed by atoms with Gasteiger partial charge < -0.3 is 5.32 Å². The minimum absolute atomic E-state index is 0.0125. The summed E-state index contributed by atoms with van der Waals surface area (Å²) < 4.78 is 1.71. The van der Waals surface area contributed by atoms with Gasteiger partial charge in [0.25, 0.3) is 0 Å². The van der Waals surface area contributed by atoms with E-state index in [9.17, 15) is 4.79 Å². The summed E-state index contributed by atoms with van der Waals surface area (Å²) in [4.78, 5) is 16.2. The number of hydrogen-bond acceptors (Lipinski definition) is 4. The number of hydrogen-bond donors (Lipinski definition) is 1. The highest BCUT2D eigenvalue weighted by Crippen LogP contribution is 2.18. The summed E-state index contributed by atoms with van der Waals surface area (Å²) in [6.45, 7) is 6.14. The minimum atomic E-state index is -0.0154. The van der Waals surface area contributed by atoms with Gasteiger partial charge in [-0.3, -0.25) is 4.79 Å². The largest absolute Gasteiger partial charge is 0.349 e. The second kappa shape index (κ2) is 8.72. The highest BCUT2D eigenvalue weighted by atomic mass is 32.2. The molecule has 0 saturated carbocycles. The molecule has 1 amide bonds. The molecule has 0 spiro atoms. The molecule has 124 valence electrons. The van der Waals surface area contributed by atoms with E-state index in [1.54, 1.807) is 22.8 Å². The van der Waals surface area contributed by atoms with Crippen LogP contribution in [0.1, 0.15) is 45.2 Å². The summed E-state index contributed by atoms with van der Waals surface area (Å²) in [5, 5.41) is 7.17. The van der Waals surface area contributed by atoms with Gasteiger partial charge in [0, 0.05) is 0 Å². The van der Waals surface area contributed by atoms with Crippen LogP contribution < -0.4 is 5.32 Å². The van der Waals surface area contributed by atoms with Crippen molar-refractivity contribution < 1.29 is 4.79 Å². The summed E-state index contributed by atoms with van der Waals surface area (Å²) in [6.07, 6.45) is 5.49. The lowest BCUT2D eigenvalue weighted by Crippen LogP contribution is -2.33. The summed E-state index contributed by atoms with van der Waals surface area (Å²) in [5.74, 6) is 1.13. The Morgan fingerprint density at radius 1 is 1.30 bits per heavy atom. The maximum atomic E-state index is 12.2. The normalized spacial score (nSPS) is 13.5. The van der Waals surface area contributed by atoms with E-state index in [1.165, 1.54) is 6.33 Å². The Bertz CT molecular complexity index is 598. The highest BCUT2D eigenvalue weighted by Gasteiger charge is 2.16. The van der Waals surface area contributed by atoms with Crippen LogP contribution in [0, 0.1) is 0 Å². The lowest BCUT2D eigenvalue weighted by Gasteiger charge is -2.18. The molecule has 1 N–H and O–H groups in total. The number of amides is 1. The molecule has 0 radical (unpaired) electrons. The maximum Gasteiger partial charge on any atom is 0.233 e. The molecule has 0 aliphatic carbocycles. The van der Waals surface area contributed by atoms with Crippen LogP contribution in [0.2, 0.25) is 0 Å². The van der Waals surface area contributed by atoms with E-state index >= 15 is 0 Å². The third-order valence-corrected chi connectivity index (χ3v) is 4.91. The molecule has 0 bridgehead atoms. The topological polar surface area (TPSA) is 59.8 Å². The summed E-state index contributed by atoms with van der Waals surface area (Å²) in [5.41, 5.74) is 2.03. The Morgan fingerprint density at radius 2 is 2.04 bits per heavy atom. The first-order chi connectivity index (χ1) is 11.1. The van der Waals surface area contributed by atoms with Crippen molar-refractivity contribution in [3.63, 3.8) is 0 Å². The van der Waals surface area contributed by atoms with Crippen LogP contribution in [-0.4, -0.2) is 31.7 Å². The molecule has 5 nitrogen and oxygen atoms in total. The fourth-order valence-electron chi connectivity index (χ4n) is 2.15. The van der Waals surface area contributed by atoms with Crippen molar-refractivity contribution in [1.82, 2.24) is 20.1 Å². The smallest absolute Gasteiger partial charge is 0.233 e. The summed E-state index contributed by atoms with van der Waals surface area (Å²) >= 11 is 1.72. The molecule has 23 heavy (non-hydrogen) atoms. The van der Waals surface area contributed by atoms with Crippen molar-refractivity contribution in [2.45, 2.75) is 44.9 Å². The number of carbonyl (C=O) groups excluding carboxylic acids is 1. The molecule has 1 aromatic carbocycles. The Hall–Kier alpha value is -1.82. The molecule has 1 aromatic heterocycles. The van der Waals surface area contributed by atoms with Crippen LogP contribution in [0.5, 0.6) is 0 Å². The number of thioether (sulfide) groups is 1. The van der Waals surface area contributed by atoms with E-state index in [2.05, 4.69) is 22.3 Å². The van der Waals surface area contributed by atoms with Gasteiger partial charge >= 0.3 is 0 Å². The molecule has 2 aromatic rings. The lowest BCUT2D eigenvalue weighted by atomic mass is 10.1. The zero-order valence-electron chi connectivity index (χ0n) is 13.9. The molecule has 0 unspecified atom stereocenters. The Kier molecular flexibility index (Phi) is 6.65. The van der Waals surface area contributed by atoms with Crippen molar-refractivity contribution in [1.29, 1.82) is 0 Å². The molecule has 6 heteroatoms. The number of unbranched alkanes of at least 4 members (excludes halogenated alkanes) is 1. The average Bonchev–Trinajstić information content (AvgIpc) is 3.09. The van der Waals surface area contributed by atoms with Crippen molar-refractivity contribution in [3.8, 4) is 5.69 Å². The van der Waals surface area contributed by atoms with E-state index < -0.39 is 0 Å². The first-order valence-corrected chi connectivity index (χ1v) is 9.03. The first-order valence-electron chi connectivity index (χ1n) is 7.98. The predicted molar refractivity (Wildman–Crippen MR) is 94.7 cm³/mol. The minimum Gasteiger partial charge on any atom is -0.349 e. The van der Waals surface area contributed by atoms with Crippen LogP contribution in [0.4, 0.5) is 0 Å². The van der Waals surface area contributed by atoms with Crippen molar-refractivity contribution >= 4 is 17.7 Å². The molecule has 0 aliphatic heterocycles. The number of carbonyl (C=O) groups is 1. The number of benzene rings is 1. The SMILES string of the molecule is CCCCS[C@H](C)C(=O)N[C@@H](C)c1ccc(-n2cncn2)cc1. The van der Waals surface area contributed by atoms with Crippen LogP contribution in [-0.2, 0) is 4.79 Å². The predicted octanol–water partition coefficient (Wildman–Crippen LogP) is 3.37. The van der Waals surface area contributed by atoms with Crippen molar-refractivity contribution in [3.05, 3.63) is 42.5 Å². The molecule has 0 aliphatic rings. The van der Waals surface area contributed by atoms with Gasteiger partial charge in [0.15, 0.2) is 0 Å². The first kappa shape index (κ1) is 17.5. The van der Waals surface area contributed by atoms with E-state index in [-0.39, 0.29) is 17.2 Å². The molecule has 0 saturated heterocycles. The molecular formula is C17H24N4OS. The van der Waals surface area contributed by atoms with Gasteiger partial charge in [0.05, 0.1) is 17.0 Å². The zero-order chi connectivity index (χ0) is 16.7. The van der Waals surface area contributed by atoms with E-state index in [4.69, 9.17) is 0 Å². The maximum absolute atomic E-state index is 12.2. The van der Waals surface area contributed by atoms with Crippen molar-refractivity contribution in [2.75, 3.05) is 5.75 Å². The van der Waals surface area contributed by atoms with E-state index in [1.807, 2.05) is 38.1 Å². The summed E-state index contributed by atoms with van der Waals surface area (Å²) in [6, 6.07) is 7.97. The molecular weight excluding hydrogens is 308 g/mol. The lowest BCUT2D eigenvalue weighted by molar-refractivity contribution is -0.120. The standard InChI is InChI=1S/C17H24N4OS/c1-4-5-10-23-14(3)17(22)20-13(2)15-6-8-16(9-7-15)21-12-18-11-19-21/h6-9,11-14H,4-5,10H2,1-3H3,(H,20,22)/t13-,14+/m0/s1. The van der Waals surface area contributed by atoms with Gasteiger partial charge in [-0.25, -0.2) is 9.67 Å². The van der Waals surface area contributed by atoms with Crippen LogP contribution in [0.3, 0.4) is 0 Å². The third kappa shape index (κ3) is 5.10. The highest BCUT2D eigenvalue weighted by molar-refractivity contribution is 8.00. The van der Waals surface area contributed by atoms with E-state index in [0.29, 0.717) is 0 Å². The van der Waals surface area contributed by atoms with Gasteiger partial charge in [-0.1, -0.05) is 25.5 Å². The molecule has 0 fully saturated rings. The molecule has 2 atom stereocenters. The fraction of sp³-hybridized carbons (Fsp3) is 0.471. The number of rotatable bonds is 8. The van der Waals surface area contributed by atoms with Gasteiger partial charge in [-0.2, -0.15) is 5.10 Å². The summed E-state index contributed by atoms with van der Waals surface area (Å²) in [7, 11) is 0. The van der Waals surface area contributed by atoms with Gasteiger partial charge in [0.2, 0.25) is 5.91 Å². The zero-order valence-corrected chi connectivity index (χ0v) is 14.7. The van der Waals surface area contributed by atoms with Crippen LogP contribution >= 0.6 is 11.8 Å². The Labute approximate surface area is 141 Å². The number of nitrogens with zero attached hydrogens (tertiary/aromatic N) is 3. The quantitative estimate of drug-likeness (QED) is 0.753. The van der Waals surface area contributed by atoms with Crippen molar-refractivity contribution in [2.24, 2.45) is 0 Å². The number of nitrogens with one attached hydrogen (secondary N) is 1. The second-order valence-electron chi connectivity index (χ2n) is 5.53. The van der Waals surface area contributed by atoms with Crippen LogP contribution in [0.25, 0.3) is 5.69 Å². The van der Waals surface area contributed by atoms with E-state index in [0.717, 1.165) is 29.8 Å². The third-order valence-electron chi connectivity index (χ3n) is 3.67. The Morgan fingerprint density at radius 3 is 2.65 bits per heavy atom. The monoisotopic (exact) mass is 332 g/mol. The molecule has 2 rings (SSSR count). The van der Waals surface area contributed by atoms with Gasteiger partial charge in [0.1, 0.15) is 12.7 Å². The van der Waals surface area contributed by atoms with Gasteiger partial charge in [-0.05, 0) is 43.7 Å². The second-order valence-corrected chi connectivity index (χ2v) is 6.98. The number of aromatic nitrogens is 3.